The Balaban J connectivity index is 0. The molecule has 0 radical (unpaired) electrons. The standard InChI is InChI=1S/C11H25N.C9H21N/c1-4-6-7-8-9-11-12(3)10-5-2;1-4-6-7-8-9-10(3)5-2/h4-11H2,1-3H3;4-9H2,1-3H3. The van der Waals surface area contributed by atoms with Crippen LogP contribution in [0.1, 0.15) is 91.9 Å². The van der Waals surface area contributed by atoms with Crippen LogP contribution in [0.25, 0.3) is 0 Å². The van der Waals surface area contributed by atoms with Gasteiger partial charge in [-0.1, -0.05) is 72.6 Å². The van der Waals surface area contributed by atoms with Gasteiger partial charge in [-0.05, 0) is 59.5 Å². The second kappa shape index (κ2) is 20.9. The fourth-order valence-corrected chi connectivity index (χ4v) is 2.45. The van der Waals surface area contributed by atoms with Crippen LogP contribution in [-0.4, -0.2) is 50.1 Å². The van der Waals surface area contributed by atoms with Crippen LogP contribution in [0.15, 0.2) is 0 Å². The molecule has 0 amide bonds. The van der Waals surface area contributed by atoms with Crippen molar-refractivity contribution in [2.24, 2.45) is 0 Å². The molecule has 0 aliphatic carbocycles. The molecule has 0 atom stereocenters. The molecule has 0 unspecified atom stereocenters. The fraction of sp³-hybridized carbons (Fsp3) is 1.00. The van der Waals surface area contributed by atoms with Gasteiger partial charge >= 0.3 is 0 Å². The van der Waals surface area contributed by atoms with E-state index in [-0.39, 0.29) is 0 Å². The molecule has 0 spiro atoms. The van der Waals surface area contributed by atoms with Gasteiger partial charge in [-0.25, -0.2) is 0 Å². The quantitative estimate of drug-likeness (QED) is 0.373. The number of unbranched alkanes of at least 4 members (excludes halogenated alkanes) is 7. The largest absolute Gasteiger partial charge is 0.307 e. The molecule has 0 N–H and O–H groups in total. The lowest BCUT2D eigenvalue weighted by Gasteiger charge is -2.14. The van der Waals surface area contributed by atoms with Crippen molar-refractivity contribution < 1.29 is 0 Å². The lowest BCUT2D eigenvalue weighted by Crippen LogP contribution is -2.20. The van der Waals surface area contributed by atoms with Gasteiger partial charge in [0, 0.05) is 0 Å². The summed E-state index contributed by atoms with van der Waals surface area (Å²) < 4.78 is 0. The van der Waals surface area contributed by atoms with Gasteiger partial charge in [-0.15, -0.1) is 0 Å². The Morgan fingerprint density at radius 1 is 0.455 bits per heavy atom. The van der Waals surface area contributed by atoms with Crippen LogP contribution in [0.5, 0.6) is 0 Å². The van der Waals surface area contributed by atoms with Crippen molar-refractivity contribution in [1.29, 1.82) is 0 Å². The Labute approximate surface area is 142 Å². The summed E-state index contributed by atoms with van der Waals surface area (Å²) in [5, 5.41) is 0. The van der Waals surface area contributed by atoms with E-state index in [1.807, 2.05) is 0 Å². The molecule has 22 heavy (non-hydrogen) atoms. The Bertz CT molecular complexity index is 183. The summed E-state index contributed by atoms with van der Waals surface area (Å²) >= 11 is 0. The van der Waals surface area contributed by atoms with E-state index < -0.39 is 0 Å². The molecule has 0 aromatic carbocycles. The first-order valence-corrected chi connectivity index (χ1v) is 9.99. The van der Waals surface area contributed by atoms with E-state index >= 15 is 0 Å². The summed E-state index contributed by atoms with van der Waals surface area (Å²) in [6.07, 6.45) is 13.8. The summed E-state index contributed by atoms with van der Waals surface area (Å²) in [4.78, 5) is 4.81. The van der Waals surface area contributed by atoms with Crippen molar-refractivity contribution in [2.75, 3.05) is 40.3 Å². The summed E-state index contributed by atoms with van der Waals surface area (Å²) in [6.45, 7) is 14.0. The van der Waals surface area contributed by atoms with E-state index in [4.69, 9.17) is 0 Å². The second-order valence-electron chi connectivity index (χ2n) is 6.67. The van der Waals surface area contributed by atoms with E-state index in [0.717, 1.165) is 0 Å². The van der Waals surface area contributed by atoms with Crippen LogP contribution >= 0.6 is 0 Å². The van der Waals surface area contributed by atoms with E-state index in [2.05, 4.69) is 51.6 Å². The molecule has 0 saturated heterocycles. The number of hydrogen-bond acceptors (Lipinski definition) is 2. The summed E-state index contributed by atoms with van der Waals surface area (Å²) in [5.41, 5.74) is 0. The van der Waals surface area contributed by atoms with Gasteiger partial charge in [0.2, 0.25) is 0 Å². The van der Waals surface area contributed by atoms with Crippen molar-refractivity contribution in [3.8, 4) is 0 Å². The molecule has 0 aliphatic heterocycles. The van der Waals surface area contributed by atoms with Crippen LogP contribution in [0.2, 0.25) is 0 Å². The summed E-state index contributed by atoms with van der Waals surface area (Å²) in [5.74, 6) is 0. The number of nitrogens with zero attached hydrogens (tertiary/aromatic N) is 2. The molecule has 2 nitrogen and oxygen atoms in total. The van der Waals surface area contributed by atoms with Gasteiger partial charge in [0.05, 0.1) is 0 Å². The van der Waals surface area contributed by atoms with E-state index in [1.165, 1.54) is 90.4 Å². The van der Waals surface area contributed by atoms with Gasteiger partial charge in [0.15, 0.2) is 0 Å². The Morgan fingerprint density at radius 2 is 0.909 bits per heavy atom. The molecule has 0 fully saturated rings. The second-order valence-corrected chi connectivity index (χ2v) is 6.67. The molecular weight excluding hydrogens is 268 g/mol. The lowest BCUT2D eigenvalue weighted by molar-refractivity contribution is 0.324. The van der Waals surface area contributed by atoms with Gasteiger partial charge in [0.25, 0.3) is 0 Å². The van der Waals surface area contributed by atoms with Crippen molar-refractivity contribution in [3.05, 3.63) is 0 Å². The molecular formula is C20H46N2. The van der Waals surface area contributed by atoms with Gasteiger partial charge in [-0.3, -0.25) is 0 Å². The molecule has 0 aromatic rings. The first kappa shape index (κ1) is 24.2. The van der Waals surface area contributed by atoms with E-state index in [0.29, 0.717) is 0 Å². The van der Waals surface area contributed by atoms with Crippen LogP contribution in [0, 0.1) is 0 Å². The lowest BCUT2D eigenvalue weighted by atomic mass is 10.1. The smallest absolute Gasteiger partial charge is 0.00218 e. The Morgan fingerprint density at radius 3 is 1.36 bits per heavy atom. The Kier molecular flexibility index (Phi) is 23.0. The van der Waals surface area contributed by atoms with Crippen LogP contribution in [-0.2, 0) is 0 Å². The molecule has 2 heteroatoms. The summed E-state index contributed by atoms with van der Waals surface area (Å²) in [6, 6.07) is 0. The zero-order chi connectivity index (χ0) is 17.1. The molecule has 0 aliphatic rings. The van der Waals surface area contributed by atoms with Crippen molar-refractivity contribution >= 4 is 0 Å². The van der Waals surface area contributed by atoms with Gasteiger partial charge in [0.1, 0.15) is 0 Å². The van der Waals surface area contributed by atoms with Crippen molar-refractivity contribution in [3.63, 3.8) is 0 Å². The third-order valence-electron chi connectivity index (χ3n) is 4.18. The van der Waals surface area contributed by atoms with Gasteiger partial charge < -0.3 is 9.80 Å². The Hall–Kier alpha value is -0.0800. The average molecular weight is 315 g/mol. The number of hydrogen-bond donors (Lipinski definition) is 0. The molecule has 136 valence electrons. The SMILES string of the molecule is CCCCCCCN(C)CCC.CCCCCCN(C)CC. The molecule has 0 bridgehead atoms. The highest BCUT2D eigenvalue weighted by molar-refractivity contribution is 4.51. The first-order valence-electron chi connectivity index (χ1n) is 9.99. The predicted octanol–water partition coefficient (Wildman–Crippen LogP) is 5.82. The van der Waals surface area contributed by atoms with E-state index in [9.17, 15) is 0 Å². The minimum absolute atomic E-state index is 1.19. The maximum Gasteiger partial charge on any atom is -0.00218 e. The highest BCUT2D eigenvalue weighted by atomic mass is 15.1. The zero-order valence-corrected chi connectivity index (χ0v) is 16.8. The molecule has 0 heterocycles. The monoisotopic (exact) mass is 314 g/mol. The van der Waals surface area contributed by atoms with E-state index in [1.54, 1.807) is 0 Å². The highest BCUT2D eigenvalue weighted by Gasteiger charge is 1.95. The normalized spacial score (nSPS) is 10.9. The minimum atomic E-state index is 1.19. The maximum atomic E-state index is 2.44. The summed E-state index contributed by atoms with van der Waals surface area (Å²) in [7, 11) is 4.41. The molecule has 0 aromatic heterocycles. The van der Waals surface area contributed by atoms with Crippen LogP contribution in [0.4, 0.5) is 0 Å². The van der Waals surface area contributed by atoms with Crippen LogP contribution < -0.4 is 0 Å². The van der Waals surface area contributed by atoms with Crippen LogP contribution in [0.3, 0.4) is 0 Å². The highest BCUT2D eigenvalue weighted by Crippen LogP contribution is 2.03. The van der Waals surface area contributed by atoms with Crippen molar-refractivity contribution in [2.45, 2.75) is 91.9 Å². The fourth-order valence-electron chi connectivity index (χ4n) is 2.45. The maximum absolute atomic E-state index is 2.44. The topological polar surface area (TPSA) is 6.48 Å². The molecule has 0 rings (SSSR count). The minimum Gasteiger partial charge on any atom is -0.307 e. The zero-order valence-electron chi connectivity index (χ0n) is 16.8. The third-order valence-corrected chi connectivity index (χ3v) is 4.18. The average Bonchev–Trinajstić information content (AvgIpc) is 2.52. The third kappa shape index (κ3) is 22.2. The first-order chi connectivity index (χ1) is 10.6. The van der Waals surface area contributed by atoms with Crippen molar-refractivity contribution in [1.82, 2.24) is 9.80 Å². The number of rotatable bonds is 14. The predicted molar refractivity (Wildman–Crippen MR) is 104 cm³/mol. The molecule has 0 saturated carbocycles. The van der Waals surface area contributed by atoms with Gasteiger partial charge in [-0.2, -0.15) is 0 Å².